The van der Waals surface area contributed by atoms with Crippen LogP contribution in [0.5, 0.6) is 0 Å². The van der Waals surface area contributed by atoms with E-state index in [-0.39, 0.29) is 11.2 Å². The van der Waals surface area contributed by atoms with E-state index in [2.05, 4.69) is 17.2 Å². The molecule has 0 aliphatic heterocycles. The van der Waals surface area contributed by atoms with Crippen LogP contribution in [-0.4, -0.2) is 10.5 Å². The Balaban J connectivity index is 3.21. The molecule has 96 valence electrons. The molecule has 0 unspecified atom stereocenters. The molecule has 1 aromatic rings. The summed E-state index contributed by atoms with van der Waals surface area (Å²) in [7, 11) is 0. The van der Waals surface area contributed by atoms with Crippen LogP contribution in [0, 0.1) is 22.0 Å². The highest BCUT2D eigenvalue weighted by atomic mass is 16.6. The number of benzene rings is 1. The summed E-state index contributed by atoms with van der Waals surface area (Å²) in [5.74, 6) is 5.91. The van der Waals surface area contributed by atoms with Crippen LogP contribution in [0.15, 0.2) is 18.2 Å². The van der Waals surface area contributed by atoms with Crippen molar-refractivity contribution in [3.05, 3.63) is 33.9 Å². The molecule has 0 fully saturated rings. The molecule has 0 bridgehead atoms. The highest BCUT2D eigenvalue weighted by Crippen LogP contribution is 2.24. The van der Waals surface area contributed by atoms with Crippen molar-refractivity contribution in [3.8, 4) is 11.8 Å². The monoisotopic (exact) mass is 246 g/mol. The summed E-state index contributed by atoms with van der Waals surface area (Å²) in [5.41, 5.74) is 1.45. The molecule has 0 aliphatic rings. The molecule has 0 amide bonds. The van der Waals surface area contributed by atoms with Crippen molar-refractivity contribution in [3.63, 3.8) is 0 Å². The lowest BCUT2D eigenvalue weighted by molar-refractivity contribution is -0.384. The molecular formula is C14H18N2O2. The Morgan fingerprint density at radius 1 is 1.39 bits per heavy atom. The normalized spacial score (nSPS) is 10.4. The van der Waals surface area contributed by atoms with Crippen molar-refractivity contribution < 1.29 is 4.92 Å². The summed E-state index contributed by atoms with van der Waals surface area (Å²) >= 11 is 0. The minimum Gasteiger partial charge on any atom is -0.379 e. The molecule has 1 N–H and O–H groups in total. The lowest BCUT2D eigenvalue weighted by Gasteiger charge is -2.23. The molecule has 0 spiro atoms. The first-order chi connectivity index (χ1) is 8.33. The van der Waals surface area contributed by atoms with Crippen molar-refractivity contribution in [2.45, 2.75) is 39.7 Å². The fraction of sp³-hybridized carbons (Fsp3) is 0.429. The Labute approximate surface area is 108 Å². The minimum absolute atomic E-state index is 0.0647. The number of non-ortho nitro benzene ring substituents is 1. The van der Waals surface area contributed by atoms with Gasteiger partial charge in [0.2, 0.25) is 0 Å². The van der Waals surface area contributed by atoms with E-state index in [0.717, 1.165) is 12.1 Å². The van der Waals surface area contributed by atoms with Crippen molar-refractivity contribution in [2.24, 2.45) is 0 Å². The molecule has 0 atom stereocenters. The molecule has 18 heavy (non-hydrogen) atoms. The number of anilines is 1. The van der Waals surface area contributed by atoms with Crippen LogP contribution in [0.3, 0.4) is 0 Å². The predicted octanol–water partition coefficient (Wildman–Crippen LogP) is 3.57. The second-order valence-electron chi connectivity index (χ2n) is 5.02. The average molecular weight is 246 g/mol. The van der Waals surface area contributed by atoms with Crippen molar-refractivity contribution in [1.29, 1.82) is 0 Å². The van der Waals surface area contributed by atoms with Gasteiger partial charge in [0.05, 0.1) is 16.2 Å². The van der Waals surface area contributed by atoms with Gasteiger partial charge in [-0.1, -0.05) is 18.8 Å². The summed E-state index contributed by atoms with van der Waals surface area (Å²) < 4.78 is 0. The first-order valence-electron chi connectivity index (χ1n) is 5.89. The fourth-order valence-corrected chi connectivity index (χ4v) is 1.45. The highest BCUT2D eigenvalue weighted by Gasteiger charge is 2.14. The van der Waals surface area contributed by atoms with Crippen LogP contribution in [0.2, 0.25) is 0 Å². The topological polar surface area (TPSA) is 55.2 Å². The Morgan fingerprint density at radius 2 is 2.06 bits per heavy atom. The maximum absolute atomic E-state index is 10.8. The maximum Gasteiger partial charge on any atom is 0.270 e. The number of nitro benzene ring substituents is 1. The van der Waals surface area contributed by atoms with Crippen LogP contribution in [0.1, 0.15) is 39.7 Å². The van der Waals surface area contributed by atoms with E-state index in [4.69, 9.17) is 0 Å². The molecule has 0 heterocycles. The lowest BCUT2D eigenvalue weighted by atomic mass is 10.1. The van der Waals surface area contributed by atoms with Gasteiger partial charge in [0, 0.05) is 24.1 Å². The van der Waals surface area contributed by atoms with Crippen LogP contribution in [0.4, 0.5) is 11.4 Å². The van der Waals surface area contributed by atoms with Gasteiger partial charge in [0.15, 0.2) is 0 Å². The van der Waals surface area contributed by atoms with Gasteiger partial charge in [0.25, 0.3) is 5.69 Å². The third kappa shape index (κ3) is 4.10. The van der Waals surface area contributed by atoms with E-state index in [1.165, 1.54) is 12.1 Å². The molecular weight excluding hydrogens is 228 g/mol. The Bertz CT molecular complexity index is 505. The van der Waals surface area contributed by atoms with Gasteiger partial charge in [-0.05, 0) is 26.8 Å². The zero-order chi connectivity index (χ0) is 13.8. The summed E-state index contributed by atoms with van der Waals surface area (Å²) in [4.78, 5) is 10.4. The summed E-state index contributed by atoms with van der Waals surface area (Å²) in [6, 6.07) is 4.71. The first kappa shape index (κ1) is 14.0. The van der Waals surface area contributed by atoms with Gasteiger partial charge < -0.3 is 5.32 Å². The molecule has 1 rings (SSSR count). The Kier molecular flexibility index (Phi) is 4.33. The van der Waals surface area contributed by atoms with Gasteiger partial charge >= 0.3 is 0 Å². The summed E-state index contributed by atoms with van der Waals surface area (Å²) in [6.45, 7) is 8.05. The van der Waals surface area contributed by atoms with Gasteiger partial charge in [0.1, 0.15) is 0 Å². The molecule has 0 aliphatic carbocycles. The number of rotatable bonds is 2. The molecule has 4 heteroatoms. The average Bonchev–Trinajstić information content (AvgIpc) is 2.25. The lowest BCUT2D eigenvalue weighted by Crippen LogP contribution is -2.26. The SMILES string of the molecule is CCC#Cc1cc([N+](=O)[O-])ccc1NC(C)(C)C. The van der Waals surface area contributed by atoms with Gasteiger partial charge in [-0.15, -0.1) is 0 Å². The quantitative estimate of drug-likeness (QED) is 0.493. The maximum atomic E-state index is 10.8. The Hall–Kier alpha value is -2.02. The van der Waals surface area contributed by atoms with Crippen molar-refractivity contribution in [1.82, 2.24) is 0 Å². The van der Waals surface area contributed by atoms with E-state index in [1.54, 1.807) is 6.07 Å². The number of nitro groups is 1. The highest BCUT2D eigenvalue weighted by molar-refractivity contribution is 5.63. The van der Waals surface area contributed by atoms with Gasteiger partial charge in [-0.2, -0.15) is 0 Å². The fourth-order valence-electron chi connectivity index (χ4n) is 1.45. The van der Waals surface area contributed by atoms with Crippen molar-refractivity contribution >= 4 is 11.4 Å². The zero-order valence-electron chi connectivity index (χ0n) is 11.2. The number of hydrogen-bond acceptors (Lipinski definition) is 3. The molecule has 0 saturated heterocycles. The molecule has 4 nitrogen and oxygen atoms in total. The zero-order valence-corrected chi connectivity index (χ0v) is 11.2. The van der Waals surface area contributed by atoms with Crippen LogP contribution < -0.4 is 5.32 Å². The van der Waals surface area contributed by atoms with Gasteiger partial charge in [-0.25, -0.2) is 0 Å². The smallest absolute Gasteiger partial charge is 0.270 e. The third-order valence-electron chi connectivity index (χ3n) is 2.12. The van der Waals surface area contributed by atoms with Gasteiger partial charge in [-0.3, -0.25) is 10.1 Å². The molecule has 1 aromatic carbocycles. The second kappa shape index (κ2) is 5.54. The van der Waals surface area contributed by atoms with E-state index in [9.17, 15) is 10.1 Å². The Morgan fingerprint density at radius 3 is 2.56 bits per heavy atom. The largest absolute Gasteiger partial charge is 0.379 e. The summed E-state index contributed by atoms with van der Waals surface area (Å²) in [5, 5.41) is 14.1. The van der Waals surface area contributed by atoms with Crippen LogP contribution in [0.25, 0.3) is 0 Å². The van der Waals surface area contributed by atoms with Crippen LogP contribution in [-0.2, 0) is 0 Å². The number of hydrogen-bond donors (Lipinski definition) is 1. The van der Waals surface area contributed by atoms with E-state index >= 15 is 0 Å². The first-order valence-corrected chi connectivity index (χ1v) is 5.89. The minimum atomic E-state index is -0.405. The number of nitrogens with zero attached hydrogens (tertiary/aromatic N) is 1. The van der Waals surface area contributed by atoms with Crippen LogP contribution >= 0.6 is 0 Å². The molecule has 0 radical (unpaired) electrons. The van der Waals surface area contributed by atoms with E-state index in [0.29, 0.717) is 5.56 Å². The predicted molar refractivity (Wildman–Crippen MR) is 73.6 cm³/mol. The standard InChI is InChI=1S/C14H18N2O2/c1-5-6-7-11-10-12(16(17)18)8-9-13(11)15-14(2,3)4/h8-10,15H,5H2,1-4H3. The van der Waals surface area contributed by atoms with Crippen molar-refractivity contribution in [2.75, 3.05) is 5.32 Å². The molecule has 0 aromatic heterocycles. The summed E-state index contributed by atoms with van der Waals surface area (Å²) in [6.07, 6.45) is 0.720. The number of nitrogens with one attached hydrogen (secondary N) is 1. The third-order valence-corrected chi connectivity index (χ3v) is 2.12. The molecule has 0 saturated carbocycles. The van der Waals surface area contributed by atoms with E-state index < -0.39 is 4.92 Å². The second-order valence-corrected chi connectivity index (χ2v) is 5.02. The van der Waals surface area contributed by atoms with E-state index in [1.807, 2.05) is 27.7 Å².